The predicted molar refractivity (Wildman–Crippen MR) is 67.0 cm³/mol. The van der Waals surface area contributed by atoms with Crippen molar-refractivity contribution >= 4 is 11.3 Å². The van der Waals surface area contributed by atoms with E-state index < -0.39 is 0 Å². The zero-order valence-electron chi connectivity index (χ0n) is 10.0. The Labute approximate surface area is 101 Å². The zero-order chi connectivity index (χ0) is 11.4. The molecule has 1 aromatic rings. The maximum Gasteiger partial charge on any atom is 0.0940 e. The minimum Gasteiger partial charge on any atom is -0.378 e. The van der Waals surface area contributed by atoms with Crippen LogP contribution in [0.2, 0.25) is 0 Å². The normalized spacial score (nSPS) is 25.9. The predicted octanol–water partition coefficient (Wildman–Crippen LogP) is 2.15. The van der Waals surface area contributed by atoms with E-state index in [1.165, 1.54) is 5.01 Å². The Balaban J connectivity index is 1.67. The fourth-order valence-electron chi connectivity index (χ4n) is 2.08. The molecule has 1 N–H and O–H groups in total. The summed E-state index contributed by atoms with van der Waals surface area (Å²) < 4.78 is 5.53. The van der Waals surface area contributed by atoms with E-state index in [0.717, 1.165) is 38.1 Å². The third-order valence-corrected chi connectivity index (χ3v) is 3.95. The molecule has 0 aromatic carbocycles. The minimum absolute atomic E-state index is 0.411. The fraction of sp³-hybridized carbons (Fsp3) is 0.750. The molecule has 4 heteroatoms. The van der Waals surface area contributed by atoms with Gasteiger partial charge in [0.05, 0.1) is 11.1 Å². The maximum atomic E-state index is 5.53. The molecular formula is C12H20N2OS. The largest absolute Gasteiger partial charge is 0.378 e. The summed E-state index contributed by atoms with van der Waals surface area (Å²) >= 11 is 1.76. The van der Waals surface area contributed by atoms with Crippen molar-refractivity contribution in [3.05, 3.63) is 16.1 Å². The molecule has 0 bridgehead atoms. The highest BCUT2D eigenvalue weighted by Gasteiger charge is 2.18. The van der Waals surface area contributed by atoms with Crippen LogP contribution in [0.4, 0.5) is 0 Å². The Bertz CT molecular complexity index is 327. The van der Waals surface area contributed by atoms with Crippen LogP contribution in [-0.4, -0.2) is 30.3 Å². The van der Waals surface area contributed by atoms with Crippen molar-refractivity contribution in [1.29, 1.82) is 0 Å². The third kappa shape index (κ3) is 3.54. The van der Waals surface area contributed by atoms with Crippen molar-refractivity contribution in [2.45, 2.75) is 45.3 Å². The molecule has 0 aliphatic carbocycles. The molecule has 0 saturated carbocycles. The van der Waals surface area contributed by atoms with Crippen LogP contribution in [0.1, 0.15) is 30.5 Å². The highest BCUT2D eigenvalue weighted by Crippen LogP contribution is 2.13. The second-order valence-corrected chi connectivity index (χ2v) is 5.43. The van der Waals surface area contributed by atoms with E-state index in [9.17, 15) is 0 Å². The summed E-state index contributed by atoms with van der Waals surface area (Å²) in [6, 6.07) is 0.629. The van der Waals surface area contributed by atoms with Gasteiger partial charge in [0.2, 0.25) is 0 Å². The van der Waals surface area contributed by atoms with Crippen molar-refractivity contribution < 1.29 is 4.74 Å². The number of hydrogen-bond donors (Lipinski definition) is 1. The Kier molecular flexibility index (Phi) is 4.32. The molecule has 2 atom stereocenters. The van der Waals surface area contributed by atoms with Crippen molar-refractivity contribution in [2.24, 2.45) is 0 Å². The van der Waals surface area contributed by atoms with E-state index in [4.69, 9.17) is 4.74 Å². The summed E-state index contributed by atoms with van der Waals surface area (Å²) in [4.78, 5) is 4.46. The van der Waals surface area contributed by atoms with E-state index in [-0.39, 0.29) is 0 Å². The van der Waals surface area contributed by atoms with Crippen LogP contribution in [0.15, 0.2) is 5.38 Å². The molecule has 3 nitrogen and oxygen atoms in total. The fourth-order valence-corrected chi connectivity index (χ4v) is 2.86. The van der Waals surface area contributed by atoms with E-state index in [1.54, 1.807) is 11.3 Å². The van der Waals surface area contributed by atoms with E-state index in [2.05, 4.69) is 22.6 Å². The molecule has 1 aromatic heterocycles. The molecule has 1 aliphatic heterocycles. The molecular weight excluding hydrogens is 220 g/mol. The van der Waals surface area contributed by atoms with Gasteiger partial charge >= 0.3 is 0 Å². The summed E-state index contributed by atoms with van der Waals surface area (Å²) in [5, 5.41) is 6.95. The number of nitrogens with one attached hydrogen (secondary N) is 1. The lowest BCUT2D eigenvalue weighted by Crippen LogP contribution is -2.38. The van der Waals surface area contributed by atoms with Crippen LogP contribution >= 0.6 is 11.3 Å². The van der Waals surface area contributed by atoms with Crippen LogP contribution in [0.5, 0.6) is 0 Å². The number of hydrogen-bond acceptors (Lipinski definition) is 4. The zero-order valence-corrected chi connectivity index (χ0v) is 10.8. The van der Waals surface area contributed by atoms with Crippen molar-refractivity contribution in [3.8, 4) is 0 Å². The molecule has 2 rings (SSSR count). The highest BCUT2D eigenvalue weighted by atomic mass is 32.1. The first kappa shape index (κ1) is 12.0. The molecule has 2 heterocycles. The monoisotopic (exact) mass is 240 g/mol. The van der Waals surface area contributed by atoms with Crippen LogP contribution in [0, 0.1) is 6.92 Å². The van der Waals surface area contributed by atoms with E-state index in [1.807, 2.05) is 6.92 Å². The molecule has 1 fully saturated rings. The minimum atomic E-state index is 0.411. The van der Waals surface area contributed by atoms with Crippen molar-refractivity contribution in [1.82, 2.24) is 10.3 Å². The summed E-state index contributed by atoms with van der Waals surface area (Å²) in [6.45, 7) is 6.13. The number of aromatic nitrogens is 1. The first-order valence-corrected chi connectivity index (χ1v) is 6.88. The van der Waals surface area contributed by atoms with Gasteiger partial charge in [0.1, 0.15) is 0 Å². The molecule has 90 valence electrons. The van der Waals surface area contributed by atoms with Gasteiger partial charge in [-0.3, -0.25) is 0 Å². The molecule has 16 heavy (non-hydrogen) atoms. The average Bonchev–Trinajstić information content (AvgIpc) is 2.64. The highest BCUT2D eigenvalue weighted by molar-refractivity contribution is 7.09. The maximum absolute atomic E-state index is 5.53. The quantitative estimate of drug-likeness (QED) is 0.875. The Morgan fingerprint density at radius 3 is 3.19 bits per heavy atom. The standard InChI is InChI=1S/C12H20N2OS/c1-9-8-16-12(14-9)3-5-13-11-4-6-15-10(2)7-11/h8,10-11,13H,3-7H2,1-2H3. The third-order valence-electron chi connectivity index (χ3n) is 2.92. The molecule has 1 aliphatic rings. The lowest BCUT2D eigenvalue weighted by Gasteiger charge is -2.27. The van der Waals surface area contributed by atoms with E-state index >= 15 is 0 Å². The van der Waals surface area contributed by atoms with Gasteiger partial charge in [-0.2, -0.15) is 0 Å². The van der Waals surface area contributed by atoms with Crippen LogP contribution < -0.4 is 5.32 Å². The van der Waals surface area contributed by atoms with Crippen molar-refractivity contribution in [2.75, 3.05) is 13.2 Å². The van der Waals surface area contributed by atoms with Gasteiger partial charge in [0, 0.05) is 36.7 Å². The summed E-state index contributed by atoms with van der Waals surface area (Å²) in [5.74, 6) is 0. The smallest absolute Gasteiger partial charge is 0.0940 e. The van der Waals surface area contributed by atoms with Crippen molar-refractivity contribution in [3.63, 3.8) is 0 Å². The topological polar surface area (TPSA) is 34.1 Å². The van der Waals surface area contributed by atoms with Crippen LogP contribution in [-0.2, 0) is 11.2 Å². The summed E-state index contributed by atoms with van der Waals surface area (Å²) in [7, 11) is 0. The Morgan fingerprint density at radius 1 is 1.62 bits per heavy atom. The number of nitrogens with zero attached hydrogens (tertiary/aromatic N) is 1. The van der Waals surface area contributed by atoms with Gasteiger partial charge in [0.25, 0.3) is 0 Å². The number of ether oxygens (including phenoxy) is 1. The van der Waals surface area contributed by atoms with Crippen LogP contribution in [0.25, 0.3) is 0 Å². The average molecular weight is 240 g/mol. The van der Waals surface area contributed by atoms with Gasteiger partial charge in [-0.05, 0) is 26.7 Å². The van der Waals surface area contributed by atoms with Gasteiger partial charge in [0.15, 0.2) is 0 Å². The van der Waals surface area contributed by atoms with Crippen LogP contribution in [0.3, 0.4) is 0 Å². The Hall–Kier alpha value is -0.450. The lowest BCUT2D eigenvalue weighted by atomic mass is 10.0. The molecule has 2 unspecified atom stereocenters. The van der Waals surface area contributed by atoms with Gasteiger partial charge in [-0.1, -0.05) is 0 Å². The first-order chi connectivity index (χ1) is 7.74. The Morgan fingerprint density at radius 2 is 2.50 bits per heavy atom. The molecule has 1 saturated heterocycles. The first-order valence-electron chi connectivity index (χ1n) is 6.00. The molecule has 0 amide bonds. The SMILES string of the molecule is Cc1csc(CCNC2CCOC(C)C2)n1. The molecule has 0 radical (unpaired) electrons. The summed E-state index contributed by atoms with van der Waals surface area (Å²) in [6.07, 6.45) is 3.73. The second-order valence-electron chi connectivity index (χ2n) is 4.49. The number of rotatable bonds is 4. The van der Waals surface area contributed by atoms with Gasteiger partial charge in [-0.15, -0.1) is 11.3 Å². The summed E-state index contributed by atoms with van der Waals surface area (Å²) in [5.41, 5.74) is 1.14. The van der Waals surface area contributed by atoms with E-state index in [0.29, 0.717) is 12.1 Å². The molecule has 0 spiro atoms. The van der Waals surface area contributed by atoms with Gasteiger partial charge in [-0.25, -0.2) is 4.98 Å². The lowest BCUT2D eigenvalue weighted by molar-refractivity contribution is 0.0135. The van der Waals surface area contributed by atoms with Gasteiger partial charge < -0.3 is 10.1 Å². The number of aryl methyl sites for hydroxylation is 1. The number of thiazole rings is 1. The second kappa shape index (κ2) is 5.75.